The fourth-order valence-electron chi connectivity index (χ4n) is 2.67. The topological polar surface area (TPSA) is 151 Å². The minimum absolute atomic E-state index is 0.00979. The second-order valence-corrected chi connectivity index (χ2v) is 10.3. The molecule has 4 atom stereocenters. The molecule has 1 aliphatic carbocycles. The van der Waals surface area contributed by atoms with Crippen molar-refractivity contribution >= 4 is 59.0 Å². The van der Waals surface area contributed by atoms with E-state index in [4.69, 9.17) is 14.6 Å². The van der Waals surface area contributed by atoms with Gasteiger partial charge in [0.15, 0.2) is 0 Å². The van der Waals surface area contributed by atoms with Gasteiger partial charge in [0.05, 0.1) is 26.1 Å². The smallest absolute Gasteiger partial charge is 0.327 e. The first-order chi connectivity index (χ1) is 15.3. The lowest BCUT2D eigenvalue weighted by molar-refractivity contribution is -0.141. The Kier molecular flexibility index (Phi) is 14.9. The van der Waals surface area contributed by atoms with Crippen LogP contribution in [0.2, 0.25) is 0 Å². The summed E-state index contributed by atoms with van der Waals surface area (Å²) in [6, 6.07) is -1.88. The SMILES string of the molecule is CSCC(NC(=O)CCOCOCCC(=O)NC(CSC1CCC1SC)C(=O)O)C(=O)O. The fraction of sp³-hybridized carbons (Fsp3) is 0.789. The predicted octanol–water partition coefficient (Wildman–Crippen LogP) is 0.886. The highest BCUT2D eigenvalue weighted by Gasteiger charge is 2.32. The van der Waals surface area contributed by atoms with Crippen molar-refractivity contribution in [3.8, 4) is 0 Å². The zero-order chi connectivity index (χ0) is 23.9. The van der Waals surface area contributed by atoms with Gasteiger partial charge < -0.3 is 30.3 Å². The molecule has 1 rings (SSSR count). The van der Waals surface area contributed by atoms with Gasteiger partial charge in [0.2, 0.25) is 11.8 Å². The van der Waals surface area contributed by atoms with Crippen LogP contribution in [0.4, 0.5) is 0 Å². The second kappa shape index (κ2) is 16.5. The van der Waals surface area contributed by atoms with Crippen LogP contribution < -0.4 is 10.6 Å². The lowest BCUT2D eigenvalue weighted by atomic mass is 9.99. The zero-order valence-corrected chi connectivity index (χ0v) is 20.7. The molecule has 13 heteroatoms. The molecule has 0 radical (unpaired) electrons. The van der Waals surface area contributed by atoms with Gasteiger partial charge in [0, 0.05) is 22.0 Å². The van der Waals surface area contributed by atoms with E-state index in [2.05, 4.69) is 10.6 Å². The summed E-state index contributed by atoms with van der Waals surface area (Å²) >= 11 is 4.70. The summed E-state index contributed by atoms with van der Waals surface area (Å²) in [6.07, 6.45) is 5.99. The molecule has 0 aromatic rings. The van der Waals surface area contributed by atoms with Gasteiger partial charge in [0.1, 0.15) is 18.9 Å². The maximum atomic E-state index is 12.0. The summed E-state index contributed by atoms with van der Waals surface area (Å²) in [5.74, 6) is -2.40. The first-order valence-electron chi connectivity index (χ1n) is 10.1. The number of hydrogen-bond donors (Lipinski definition) is 4. The Bertz CT molecular complexity index is 623. The van der Waals surface area contributed by atoms with E-state index in [1.165, 1.54) is 11.8 Å². The number of carboxylic acids is 2. The van der Waals surface area contributed by atoms with Crippen molar-refractivity contribution in [1.82, 2.24) is 10.6 Å². The van der Waals surface area contributed by atoms with Crippen molar-refractivity contribution < 1.29 is 38.9 Å². The van der Waals surface area contributed by atoms with Gasteiger partial charge in [-0.3, -0.25) is 9.59 Å². The minimum Gasteiger partial charge on any atom is -0.480 e. The third-order valence-corrected chi connectivity index (χ3v) is 8.17. The summed E-state index contributed by atoms with van der Waals surface area (Å²) in [4.78, 5) is 46.1. The molecular weight excluding hydrogens is 480 g/mol. The molecule has 4 N–H and O–H groups in total. The largest absolute Gasteiger partial charge is 0.480 e. The van der Waals surface area contributed by atoms with Gasteiger partial charge in [-0.05, 0) is 25.4 Å². The maximum Gasteiger partial charge on any atom is 0.327 e. The van der Waals surface area contributed by atoms with E-state index in [0.717, 1.165) is 12.8 Å². The Morgan fingerprint density at radius 1 is 0.875 bits per heavy atom. The van der Waals surface area contributed by atoms with E-state index in [1.54, 1.807) is 29.8 Å². The van der Waals surface area contributed by atoms with Crippen LogP contribution in [0.15, 0.2) is 0 Å². The monoisotopic (exact) mass is 512 g/mol. The number of hydrogen-bond acceptors (Lipinski definition) is 9. The molecule has 4 unspecified atom stereocenters. The summed E-state index contributed by atoms with van der Waals surface area (Å²) in [5, 5.41) is 24.2. The van der Waals surface area contributed by atoms with Gasteiger partial charge in [-0.1, -0.05) is 0 Å². The zero-order valence-electron chi connectivity index (χ0n) is 18.2. The van der Waals surface area contributed by atoms with Crippen LogP contribution in [-0.2, 0) is 28.7 Å². The molecule has 1 saturated carbocycles. The number of rotatable bonds is 18. The quantitative estimate of drug-likeness (QED) is 0.153. The lowest BCUT2D eigenvalue weighted by Crippen LogP contribution is -2.44. The summed E-state index contributed by atoms with van der Waals surface area (Å²) < 4.78 is 10.3. The van der Waals surface area contributed by atoms with Crippen molar-refractivity contribution in [2.75, 3.05) is 44.0 Å². The first-order valence-corrected chi connectivity index (χ1v) is 13.8. The highest BCUT2D eigenvalue weighted by atomic mass is 32.2. The molecule has 0 spiro atoms. The Morgan fingerprint density at radius 3 is 1.78 bits per heavy atom. The molecule has 32 heavy (non-hydrogen) atoms. The highest BCUT2D eigenvalue weighted by Crippen LogP contribution is 2.39. The van der Waals surface area contributed by atoms with E-state index >= 15 is 0 Å². The van der Waals surface area contributed by atoms with Crippen LogP contribution in [0, 0.1) is 0 Å². The number of carbonyl (C=O) groups excluding carboxylic acids is 2. The van der Waals surface area contributed by atoms with Gasteiger partial charge in [0.25, 0.3) is 0 Å². The molecule has 0 saturated heterocycles. The van der Waals surface area contributed by atoms with Gasteiger partial charge in [-0.25, -0.2) is 9.59 Å². The van der Waals surface area contributed by atoms with Crippen LogP contribution in [0.25, 0.3) is 0 Å². The van der Waals surface area contributed by atoms with E-state index in [-0.39, 0.29) is 38.6 Å². The van der Waals surface area contributed by atoms with E-state index < -0.39 is 35.8 Å². The van der Waals surface area contributed by atoms with Gasteiger partial charge >= 0.3 is 11.9 Å². The summed E-state index contributed by atoms with van der Waals surface area (Å²) in [6.45, 7) is -0.0483. The van der Waals surface area contributed by atoms with Crippen molar-refractivity contribution in [2.45, 2.75) is 48.3 Å². The maximum absolute atomic E-state index is 12.0. The van der Waals surface area contributed by atoms with E-state index in [0.29, 0.717) is 16.3 Å². The molecule has 2 amide bonds. The molecule has 1 fully saturated rings. The van der Waals surface area contributed by atoms with Crippen LogP contribution in [-0.4, -0.2) is 101 Å². The number of amides is 2. The first kappa shape index (κ1) is 28.9. The Hall–Kier alpha value is -1.15. The molecule has 0 bridgehead atoms. The normalized spacial score (nSPS) is 19.4. The number of thioether (sulfide) groups is 3. The molecule has 184 valence electrons. The molecule has 0 aromatic heterocycles. The molecule has 10 nitrogen and oxygen atoms in total. The number of aliphatic carboxylic acids is 2. The molecule has 0 heterocycles. The Morgan fingerprint density at radius 2 is 1.38 bits per heavy atom. The van der Waals surface area contributed by atoms with Gasteiger partial charge in [-0.15, -0.1) is 0 Å². The summed E-state index contributed by atoms with van der Waals surface area (Å²) in [7, 11) is 0. The lowest BCUT2D eigenvalue weighted by Gasteiger charge is -2.35. The molecular formula is C19H32N2O8S3. The van der Waals surface area contributed by atoms with Crippen LogP contribution >= 0.6 is 35.3 Å². The summed E-state index contributed by atoms with van der Waals surface area (Å²) in [5.41, 5.74) is 0. The second-order valence-electron chi connectivity index (χ2n) is 7.03. The number of carboxylic acid groups (broad SMARTS) is 2. The Balaban J connectivity index is 2.12. The van der Waals surface area contributed by atoms with Crippen LogP contribution in [0.1, 0.15) is 25.7 Å². The predicted molar refractivity (Wildman–Crippen MR) is 126 cm³/mol. The fourth-order valence-corrected chi connectivity index (χ4v) is 5.93. The van der Waals surface area contributed by atoms with Gasteiger partial charge in [-0.2, -0.15) is 35.3 Å². The highest BCUT2D eigenvalue weighted by molar-refractivity contribution is 8.03. The molecule has 1 aliphatic rings. The average Bonchev–Trinajstić information content (AvgIpc) is 2.71. The number of ether oxygens (including phenoxy) is 2. The third kappa shape index (κ3) is 11.6. The third-order valence-electron chi connectivity index (χ3n) is 4.64. The number of carbonyl (C=O) groups is 4. The number of nitrogens with one attached hydrogen (secondary N) is 2. The minimum atomic E-state index is -1.09. The van der Waals surface area contributed by atoms with Crippen molar-refractivity contribution in [1.29, 1.82) is 0 Å². The molecule has 0 aromatic carbocycles. The Labute approximate surface area is 200 Å². The molecule has 0 aliphatic heterocycles. The van der Waals surface area contributed by atoms with Crippen LogP contribution in [0.5, 0.6) is 0 Å². The van der Waals surface area contributed by atoms with Crippen molar-refractivity contribution in [2.24, 2.45) is 0 Å². The van der Waals surface area contributed by atoms with E-state index in [9.17, 15) is 24.3 Å². The standard InChI is InChI=1S/C19H32N2O8S3/c1-30-9-12(18(24)25)20-16(22)5-7-28-11-29-8-6-17(23)21-13(19(26)27)10-32-15-4-3-14(15)31-2/h12-15H,3-11H2,1-2H3,(H,20,22)(H,21,23)(H,24,25)(H,26,27). The van der Waals surface area contributed by atoms with Crippen molar-refractivity contribution in [3.05, 3.63) is 0 Å². The van der Waals surface area contributed by atoms with E-state index in [1.807, 2.05) is 6.26 Å². The van der Waals surface area contributed by atoms with Crippen LogP contribution in [0.3, 0.4) is 0 Å². The average molecular weight is 513 g/mol. The van der Waals surface area contributed by atoms with Crippen molar-refractivity contribution in [3.63, 3.8) is 0 Å².